The van der Waals surface area contributed by atoms with Gasteiger partial charge in [-0.1, -0.05) is 41.9 Å². The standard InChI is InChI=1S/C19H15ClN4O4S2/c1-10-7-14(13(8-12(10)20)29-9-11-5-3-2-4-6-11)30(27,28)24-19-21-15-16(22-23-19)18(26)17(15)25/h2-8,25-26H,9H2,1H3,(H,21,23,24). The number of hydrogen-bond donors (Lipinski definition) is 3. The molecule has 4 rings (SSSR count). The molecule has 0 atom stereocenters. The van der Waals surface area contributed by atoms with E-state index in [1.165, 1.54) is 17.8 Å². The second-order valence-electron chi connectivity index (χ2n) is 6.46. The summed E-state index contributed by atoms with van der Waals surface area (Å²) in [4.78, 5) is 4.40. The molecule has 30 heavy (non-hydrogen) atoms. The summed E-state index contributed by atoms with van der Waals surface area (Å²) in [7, 11) is -4.08. The van der Waals surface area contributed by atoms with E-state index in [1.807, 2.05) is 30.3 Å². The van der Waals surface area contributed by atoms with Crippen molar-refractivity contribution in [3.05, 3.63) is 70.0 Å². The Labute approximate surface area is 181 Å². The van der Waals surface area contributed by atoms with Crippen molar-refractivity contribution in [2.45, 2.75) is 22.5 Å². The highest BCUT2D eigenvalue weighted by Gasteiger charge is 2.31. The van der Waals surface area contributed by atoms with E-state index in [0.29, 0.717) is 21.2 Å². The van der Waals surface area contributed by atoms with Crippen molar-refractivity contribution < 1.29 is 18.6 Å². The number of hydrogen-bond acceptors (Lipinski definition) is 8. The lowest BCUT2D eigenvalue weighted by molar-refractivity contribution is 0.437. The lowest BCUT2D eigenvalue weighted by atomic mass is 10.1. The lowest BCUT2D eigenvalue weighted by Gasteiger charge is -2.17. The molecule has 0 bridgehead atoms. The van der Waals surface area contributed by atoms with Gasteiger partial charge in [-0.2, -0.15) is 0 Å². The quantitative estimate of drug-likeness (QED) is 0.466. The summed E-state index contributed by atoms with van der Waals surface area (Å²) in [6, 6.07) is 12.7. The number of aromatic nitrogens is 3. The second kappa shape index (κ2) is 7.78. The summed E-state index contributed by atoms with van der Waals surface area (Å²) >= 11 is 7.57. The number of nitrogens with one attached hydrogen (secondary N) is 1. The molecule has 11 heteroatoms. The second-order valence-corrected chi connectivity index (χ2v) is 9.53. The Morgan fingerprint density at radius 1 is 1.07 bits per heavy atom. The van der Waals surface area contributed by atoms with E-state index < -0.39 is 21.5 Å². The van der Waals surface area contributed by atoms with Gasteiger partial charge in [0.25, 0.3) is 16.0 Å². The monoisotopic (exact) mass is 462 g/mol. The van der Waals surface area contributed by atoms with Crippen LogP contribution < -0.4 is 4.72 Å². The fourth-order valence-electron chi connectivity index (χ4n) is 2.73. The number of rotatable bonds is 6. The Kier molecular flexibility index (Phi) is 5.31. The summed E-state index contributed by atoms with van der Waals surface area (Å²) in [5.41, 5.74) is 1.62. The first-order valence-electron chi connectivity index (χ1n) is 8.63. The van der Waals surface area contributed by atoms with Crippen molar-refractivity contribution in [1.29, 1.82) is 0 Å². The summed E-state index contributed by atoms with van der Waals surface area (Å²) in [6.45, 7) is 1.71. The molecule has 0 saturated carbocycles. The molecule has 8 nitrogen and oxygen atoms in total. The third-order valence-corrected chi connectivity index (χ3v) is 7.37. The molecule has 0 fully saturated rings. The number of aliphatic hydroxyl groups is 2. The van der Waals surface area contributed by atoms with Crippen molar-refractivity contribution in [1.82, 2.24) is 15.2 Å². The van der Waals surface area contributed by atoms with Gasteiger partial charge in [-0.25, -0.2) is 18.1 Å². The van der Waals surface area contributed by atoms with Crippen LogP contribution in [0.25, 0.3) is 11.5 Å². The fraction of sp³-hybridized carbons (Fsp3) is 0.105. The number of anilines is 1. The van der Waals surface area contributed by atoms with Crippen molar-refractivity contribution >= 4 is 50.9 Å². The highest BCUT2D eigenvalue weighted by atomic mass is 35.5. The van der Waals surface area contributed by atoms with Crippen LogP contribution in [0.5, 0.6) is 0 Å². The summed E-state index contributed by atoms with van der Waals surface area (Å²) in [5.74, 6) is -0.647. The molecule has 0 amide bonds. The lowest BCUT2D eigenvalue weighted by Crippen LogP contribution is -2.20. The van der Waals surface area contributed by atoms with Crippen LogP contribution in [-0.4, -0.2) is 33.8 Å². The predicted molar refractivity (Wildman–Crippen MR) is 115 cm³/mol. The molecular formula is C19H15ClN4O4S2. The number of nitrogens with zero attached hydrogens (tertiary/aromatic N) is 3. The van der Waals surface area contributed by atoms with Crippen LogP contribution in [0.15, 0.2) is 52.3 Å². The number of halogens is 1. The highest BCUT2D eigenvalue weighted by Crippen LogP contribution is 2.36. The molecule has 1 aliphatic carbocycles. The zero-order valence-corrected chi connectivity index (χ0v) is 17.9. The number of aliphatic hydroxyl groups excluding tert-OH is 2. The maximum atomic E-state index is 13.1. The van der Waals surface area contributed by atoms with Gasteiger partial charge in [0.15, 0.2) is 17.2 Å². The van der Waals surface area contributed by atoms with Crippen LogP contribution in [0.3, 0.4) is 0 Å². The first-order valence-corrected chi connectivity index (χ1v) is 11.5. The van der Waals surface area contributed by atoms with Crippen LogP contribution >= 0.6 is 23.4 Å². The SMILES string of the molecule is Cc1cc(S(=O)(=O)Nc2nnc3c(n2)C(O)=C3O)c(SCc2ccccc2)cc1Cl. The first kappa shape index (κ1) is 20.5. The molecule has 0 radical (unpaired) electrons. The first-order chi connectivity index (χ1) is 14.3. The van der Waals surface area contributed by atoms with E-state index in [-0.39, 0.29) is 22.2 Å². The highest BCUT2D eigenvalue weighted by molar-refractivity contribution is 7.99. The zero-order valence-electron chi connectivity index (χ0n) is 15.5. The molecule has 0 spiro atoms. The van der Waals surface area contributed by atoms with Gasteiger partial charge in [0, 0.05) is 15.7 Å². The van der Waals surface area contributed by atoms with Gasteiger partial charge in [0.2, 0.25) is 0 Å². The fourth-order valence-corrected chi connectivity index (χ4v) is 5.47. The summed E-state index contributed by atoms with van der Waals surface area (Å²) in [5, 5.41) is 26.8. The van der Waals surface area contributed by atoms with E-state index in [4.69, 9.17) is 11.6 Å². The van der Waals surface area contributed by atoms with Crippen LogP contribution in [0.4, 0.5) is 5.95 Å². The summed E-state index contributed by atoms with van der Waals surface area (Å²) in [6.07, 6.45) is 0. The number of sulfonamides is 1. The maximum Gasteiger partial charge on any atom is 0.265 e. The van der Waals surface area contributed by atoms with Gasteiger partial charge in [-0.3, -0.25) is 0 Å². The van der Waals surface area contributed by atoms with Crippen LogP contribution in [0.2, 0.25) is 5.02 Å². The van der Waals surface area contributed by atoms with Crippen molar-refractivity contribution in [3.8, 4) is 0 Å². The third-order valence-electron chi connectivity index (χ3n) is 4.34. The van der Waals surface area contributed by atoms with Crippen molar-refractivity contribution in [2.24, 2.45) is 0 Å². The van der Waals surface area contributed by atoms with Crippen LogP contribution in [0, 0.1) is 6.92 Å². The minimum absolute atomic E-state index is 0.0110. The van der Waals surface area contributed by atoms with E-state index >= 15 is 0 Å². The molecule has 0 aliphatic heterocycles. The predicted octanol–water partition coefficient (Wildman–Crippen LogP) is 4.18. The van der Waals surface area contributed by atoms with E-state index in [2.05, 4.69) is 19.9 Å². The number of thioether (sulfide) groups is 1. The minimum Gasteiger partial charge on any atom is -0.503 e. The average Bonchev–Trinajstić information content (AvgIpc) is 2.74. The molecule has 1 aliphatic rings. The van der Waals surface area contributed by atoms with Gasteiger partial charge in [-0.15, -0.1) is 22.0 Å². The van der Waals surface area contributed by atoms with Gasteiger partial charge in [-0.05, 0) is 30.2 Å². The molecule has 1 heterocycles. The van der Waals surface area contributed by atoms with E-state index in [0.717, 1.165) is 5.56 Å². The minimum atomic E-state index is -4.08. The zero-order chi connectivity index (χ0) is 21.5. The maximum absolute atomic E-state index is 13.1. The number of aryl methyl sites for hydroxylation is 1. The molecule has 0 unspecified atom stereocenters. The molecular weight excluding hydrogens is 448 g/mol. The van der Waals surface area contributed by atoms with Gasteiger partial charge >= 0.3 is 0 Å². The largest absolute Gasteiger partial charge is 0.503 e. The van der Waals surface area contributed by atoms with Gasteiger partial charge < -0.3 is 10.2 Å². The third kappa shape index (κ3) is 3.81. The Morgan fingerprint density at radius 2 is 1.77 bits per heavy atom. The topological polar surface area (TPSA) is 125 Å². The normalized spacial score (nSPS) is 13.0. The molecule has 3 N–H and O–H groups in total. The number of benzene rings is 2. The molecule has 3 aromatic rings. The molecule has 2 aromatic carbocycles. The van der Waals surface area contributed by atoms with Gasteiger partial charge in [0.05, 0.1) is 0 Å². The van der Waals surface area contributed by atoms with Crippen LogP contribution in [0.1, 0.15) is 22.5 Å². The van der Waals surface area contributed by atoms with Crippen molar-refractivity contribution in [2.75, 3.05) is 4.72 Å². The van der Waals surface area contributed by atoms with Crippen LogP contribution in [-0.2, 0) is 15.8 Å². The Bertz CT molecular complexity index is 1280. The van der Waals surface area contributed by atoms with Gasteiger partial charge in [0.1, 0.15) is 10.6 Å². The Morgan fingerprint density at radius 3 is 2.50 bits per heavy atom. The smallest absolute Gasteiger partial charge is 0.265 e. The van der Waals surface area contributed by atoms with E-state index in [1.54, 1.807) is 13.0 Å². The molecule has 0 saturated heterocycles. The Hall–Kier alpha value is -2.82. The molecule has 154 valence electrons. The Balaban J connectivity index is 1.64. The van der Waals surface area contributed by atoms with E-state index in [9.17, 15) is 18.6 Å². The average molecular weight is 463 g/mol. The van der Waals surface area contributed by atoms with Crippen molar-refractivity contribution in [3.63, 3.8) is 0 Å². The summed E-state index contributed by atoms with van der Waals surface area (Å²) < 4.78 is 28.4. The number of fused-ring (bicyclic) bond motifs is 1. The molecule has 1 aromatic heterocycles.